The zero-order valence-electron chi connectivity index (χ0n) is 7.91. The SMILES string of the molecule is CSC(=NC1CCCNC1=O)NC#N. The number of hydrogen-bond acceptors (Lipinski definition) is 4. The third-order valence-electron chi connectivity index (χ3n) is 1.89. The fourth-order valence-electron chi connectivity index (χ4n) is 1.20. The van der Waals surface area contributed by atoms with Crippen molar-refractivity contribution in [2.45, 2.75) is 18.9 Å². The molecule has 6 heteroatoms. The number of rotatable bonds is 1. The van der Waals surface area contributed by atoms with E-state index in [1.807, 2.05) is 6.26 Å². The molecular weight excluding hydrogens is 200 g/mol. The second kappa shape index (κ2) is 5.50. The Morgan fingerprint density at radius 2 is 2.64 bits per heavy atom. The van der Waals surface area contributed by atoms with Gasteiger partial charge in [-0.25, -0.2) is 4.99 Å². The highest BCUT2D eigenvalue weighted by Crippen LogP contribution is 2.09. The average molecular weight is 212 g/mol. The third kappa shape index (κ3) is 2.92. The quantitative estimate of drug-likeness (QED) is 0.279. The Labute approximate surface area is 87.0 Å². The monoisotopic (exact) mass is 212 g/mol. The maximum absolute atomic E-state index is 11.3. The highest BCUT2D eigenvalue weighted by Gasteiger charge is 2.21. The van der Waals surface area contributed by atoms with Crippen LogP contribution in [-0.2, 0) is 4.79 Å². The van der Waals surface area contributed by atoms with Gasteiger partial charge in [-0.05, 0) is 19.1 Å². The van der Waals surface area contributed by atoms with Crippen molar-refractivity contribution >= 4 is 22.8 Å². The number of amides is 1. The maximum atomic E-state index is 11.3. The number of hydrogen-bond donors (Lipinski definition) is 2. The second-order valence-corrected chi connectivity index (χ2v) is 3.62. The molecule has 76 valence electrons. The number of nitriles is 1. The molecule has 0 aromatic rings. The van der Waals surface area contributed by atoms with Gasteiger partial charge >= 0.3 is 0 Å². The van der Waals surface area contributed by atoms with Crippen molar-refractivity contribution < 1.29 is 4.79 Å². The standard InChI is InChI=1S/C8H12N4OS/c1-14-8(11-5-9)12-6-3-2-4-10-7(6)13/h6H,2-4H2,1H3,(H,10,13)(H,11,12). The lowest BCUT2D eigenvalue weighted by Crippen LogP contribution is -2.40. The first-order valence-electron chi connectivity index (χ1n) is 4.32. The van der Waals surface area contributed by atoms with Crippen LogP contribution in [0.4, 0.5) is 0 Å². The van der Waals surface area contributed by atoms with Crippen molar-refractivity contribution in [1.82, 2.24) is 10.6 Å². The average Bonchev–Trinajstić information content (AvgIpc) is 2.20. The molecular formula is C8H12N4OS. The Hall–Kier alpha value is -1.22. The van der Waals surface area contributed by atoms with E-state index in [-0.39, 0.29) is 11.9 Å². The Morgan fingerprint density at radius 1 is 1.86 bits per heavy atom. The molecule has 1 atom stereocenters. The lowest BCUT2D eigenvalue weighted by molar-refractivity contribution is -0.123. The van der Waals surface area contributed by atoms with Gasteiger partial charge in [0.15, 0.2) is 11.4 Å². The number of carbonyl (C=O) groups is 1. The summed E-state index contributed by atoms with van der Waals surface area (Å²) in [6.45, 7) is 0.727. The molecule has 0 radical (unpaired) electrons. The van der Waals surface area contributed by atoms with E-state index in [9.17, 15) is 4.79 Å². The highest BCUT2D eigenvalue weighted by atomic mass is 32.2. The first kappa shape index (κ1) is 10.9. The van der Waals surface area contributed by atoms with Gasteiger partial charge in [0.25, 0.3) is 0 Å². The summed E-state index contributed by atoms with van der Waals surface area (Å²) in [4.78, 5) is 15.5. The number of nitrogens with zero attached hydrogens (tertiary/aromatic N) is 2. The summed E-state index contributed by atoms with van der Waals surface area (Å²) >= 11 is 1.33. The van der Waals surface area contributed by atoms with Crippen molar-refractivity contribution in [3.05, 3.63) is 0 Å². The Balaban J connectivity index is 2.62. The van der Waals surface area contributed by atoms with Crippen LogP contribution < -0.4 is 10.6 Å². The zero-order valence-corrected chi connectivity index (χ0v) is 8.73. The number of piperidine rings is 1. The number of nitrogens with one attached hydrogen (secondary N) is 2. The van der Waals surface area contributed by atoms with Crippen LogP contribution in [0, 0.1) is 11.5 Å². The first-order chi connectivity index (χ1) is 6.77. The van der Waals surface area contributed by atoms with E-state index in [2.05, 4.69) is 15.6 Å². The molecule has 0 aromatic heterocycles. The van der Waals surface area contributed by atoms with Crippen LogP contribution in [0.25, 0.3) is 0 Å². The molecule has 0 aliphatic carbocycles. The second-order valence-electron chi connectivity index (χ2n) is 2.82. The Bertz CT molecular complexity index is 284. The van der Waals surface area contributed by atoms with Gasteiger partial charge in [-0.2, -0.15) is 5.26 Å². The molecule has 1 unspecified atom stereocenters. The van der Waals surface area contributed by atoms with Crippen molar-refractivity contribution in [3.8, 4) is 6.19 Å². The lowest BCUT2D eigenvalue weighted by Gasteiger charge is -2.18. The number of amidine groups is 1. The van der Waals surface area contributed by atoms with Gasteiger partial charge in [0.2, 0.25) is 5.91 Å². The van der Waals surface area contributed by atoms with Crippen LogP contribution in [-0.4, -0.2) is 29.9 Å². The predicted octanol–water partition coefficient (Wildman–Crippen LogP) is 0.0547. The fraction of sp³-hybridized carbons (Fsp3) is 0.625. The summed E-state index contributed by atoms with van der Waals surface area (Å²) in [5, 5.41) is 14.1. The molecule has 1 saturated heterocycles. The zero-order chi connectivity index (χ0) is 10.4. The van der Waals surface area contributed by atoms with E-state index in [0.29, 0.717) is 5.17 Å². The van der Waals surface area contributed by atoms with E-state index in [1.165, 1.54) is 11.8 Å². The van der Waals surface area contributed by atoms with Gasteiger partial charge in [-0.15, -0.1) is 0 Å². The minimum absolute atomic E-state index is 0.0532. The van der Waals surface area contributed by atoms with Gasteiger partial charge in [0.05, 0.1) is 0 Å². The largest absolute Gasteiger partial charge is 0.354 e. The summed E-state index contributed by atoms with van der Waals surface area (Å²) in [6, 6.07) is -0.341. The van der Waals surface area contributed by atoms with Crippen LogP contribution in [0.15, 0.2) is 4.99 Å². The fourth-order valence-corrected chi connectivity index (χ4v) is 1.58. The van der Waals surface area contributed by atoms with Gasteiger partial charge in [0.1, 0.15) is 6.04 Å². The van der Waals surface area contributed by atoms with E-state index >= 15 is 0 Å². The van der Waals surface area contributed by atoms with Crippen molar-refractivity contribution in [2.24, 2.45) is 4.99 Å². The van der Waals surface area contributed by atoms with Gasteiger partial charge in [0, 0.05) is 6.54 Å². The summed E-state index contributed by atoms with van der Waals surface area (Å²) < 4.78 is 0. The molecule has 1 heterocycles. The van der Waals surface area contributed by atoms with Crippen LogP contribution >= 0.6 is 11.8 Å². The van der Waals surface area contributed by atoms with E-state index in [4.69, 9.17) is 5.26 Å². The number of thioether (sulfide) groups is 1. The molecule has 2 N–H and O–H groups in total. The molecule has 5 nitrogen and oxygen atoms in total. The van der Waals surface area contributed by atoms with Crippen LogP contribution in [0.2, 0.25) is 0 Å². The van der Waals surface area contributed by atoms with Crippen LogP contribution in [0.1, 0.15) is 12.8 Å². The normalized spacial score (nSPS) is 22.4. The lowest BCUT2D eigenvalue weighted by atomic mass is 10.1. The minimum Gasteiger partial charge on any atom is -0.354 e. The summed E-state index contributed by atoms with van der Waals surface area (Å²) in [5.74, 6) is -0.0532. The van der Waals surface area contributed by atoms with Crippen molar-refractivity contribution in [1.29, 1.82) is 5.26 Å². The van der Waals surface area contributed by atoms with E-state index in [0.717, 1.165) is 19.4 Å². The molecule has 1 rings (SSSR count). The van der Waals surface area contributed by atoms with Crippen LogP contribution in [0.5, 0.6) is 0 Å². The number of aliphatic imine (C=N–C) groups is 1. The Morgan fingerprint density at radius 3 is 3.21 bits per heavy atom. The molecule has 0 aromatic carbocycles. The Kier molecular flexibility index (Phi) is 4.26. The highest BCUT2D eigenvalue weighted by molar-refractivity contribution is 8.13. The van der Waals surface area contributed by atoms with E-state index in [1.54, 1.807) is 6.19 Å². The summed E-state index contributed by atoms with van der Waals surface area (Å²) in [7, 11) is 0. The van der Waals surface area contributed by atoms with Crippen molar-refractivity contribution in [2.75, 3.05) is 12.8 Å². The topological polar surface area (TPSA) is 77.3 Å². The molecule has 1 fully saturated rings. The summed E-state index contributed by atoms with van der Waals surface area (Å²) in [6.07, 6.45) is 5.29. The molecule has 0 spiro atoms. The molecule has 0 bridgehead atoms. The van der Waals surface area contributed by atoms with E-state index < -0.39 is 0 Å². The van der Waals surface area contributed by atoms with Gasteiger partial charge < -0.3 is 5.32 Å². The third-order valence-corrected chi connectivity index (χ3v) is 2.48. The first-order valence-corrected chi connectivity index (χ1v) is 5.55. The molecule has 0 saturated carbocycles. The molecule has 1 amide bonds. The number of carbonyl (C=O) groups excluding carboxylic acids is 1. The molecule has 1 aliphatic heterocycles. The molecule has 1 aliphatic rings. The smallest absolute Gasteiger partial charge is 0.244 e. The van der Waals surface area contributed by atoms with Gasteiger partial charge in [-0.1, -0.05) is 11.8 Å². The molecule has 14 heavy (non-hydrogen) atoms. The van der Waals surface area contributed by atoms with Gasteiger partial charge in [-0.3, -0.25) is 10.1 Å². The minimum atomic E-state index is -0.341. The van der Waals surface area contributed by atoms with Crippen LogP contribution in [0.3, 0.4) is 0 Å². The summed E-state index contributed by atoms with van der Waals surface area (Å²) in [5.41, 5.74) is 0. The maximum Gasteiger partial charge on any atom is 0.244 e. The van der Waals surface area contributed by atoms with Crippen molar-refractivity contribution in [3.63, 3.8) is 0 Å². The predicted molar refractivity (Wildman–Crippen MR) is 55.7 cm³/mol.